The summed E-state index contributed by atoms with van der Waals surface area (Å²) < 4.78 is 50.8. The zero-order valence-electron chi connectivity index (χ0n) is 13.8. The van der Waals surface area contributed by atoms with E-state index < -0.39 is 37.3 Å². The van der Waals surface area contributed by atoms with Crippen molar-refractivity contribution < 1.29 is 27.5 Å². The number of aromatic nitrogens is 1. The van der Waals surface area contributed by atoms with Crippen LogP contribution in [0.15, 0.2) is 42.6 Å². The van der Waals surface area contributed by atoms with E-state index in [1.165, 1.54) is 30.5 Å². The fourth-order valence-electron chi connectivity index (χ4n) is 2.34. The summed E-state index contributed by atoms with van der Waals surface area (Å²) in [5.41, 5.74) is 1.45. The van der Waals surface area contributed by atoms with Crippen LogP contribution in [0.5, 0.6) is 0 Å². The van der Waals surface area contributed by atoms with Crippen molar-refractivity contribution >= 4 is 5.91 Å². The van der Waals surface area contributed by atoms with Crippen LogP contribution in [0.1, 0.15) is 23.5 Å². The number of pyridine rings is 1. The van der Waals surface area contributed by atoms with Crippen molar-refractivity contribution in [2.45, 2.75) is 24.7 Å². The van der Waals surface area contributed by atoms with E-state index in [1.807, 2.05) is 0 Å². The van der Waals surface area contributed by atoms with E-state index in [0.717, 1.165) is 0 Å². The van der Waals surface area contributed by atoms with Gasteiger partial charge in [-0.05, 0) is 17.2 Å². The van der Waals surface area contributed by atoms with E-state index in [1.54, 1.807) is 23.5 Å². The Morgan fingerprint density at radius 2 is 1.78 bits per heavy atom. The average molecular weight is 381 g/mol. The second-order valence-electron chi connectivity index (χ2n) is 5.60. The number of nitrogens with zero attached hydrogens (tertiary/aromatic N) is 2. The Labute approximate surface area is 152 Å². The summed E-state index contributed by atoms with van der Waals surface area (Å²) in [6.45, 7) is -1.23. The molecule has 0 spiro atoms. The number of carbonyl (C=O) groups excluding carboxylic acids is 1. The van der Waals surface area contributed by atoms with Gasteiger partial charge in [-0.15, -0.1) is 0 Å². The summed E-state index contributed by atoms with van der Waals surface area (Å²) in [6.07, 6.45) is -5.28. The summed E-state index contributed by atoms with van der Waals surface area (Å²) >= 11 is 0. The summed E-state index contributed by atoms with van der Waals surface area (Å²) in [5.74, 6) is -1.66. The van der Waals surface area contributed by atoms with Gasteiger partial charge in [-0.2, -0.15) is 14.0 Å². The number of aliphatic hydroxyl groups is 1. The fourth-order valence-corrected chi connectivity index (χ4v) is 2.34. The SMILES string of the molecule is N#CC(F)c1ccc(-c2ccc([C@@H](O)[C@@H](CF)NC(=O)C(F)F)cc2)cn1. The van der Waals surface area contributed by atoms with E-state index in [2.05, 4.69) is 4.98 Å². The van der Waals surface area contributed by atoms with E-state index in [4.69, 9.17) is 5.26 Å². The van der Waals surface area contributed by atoms with Gasteiger partial charge in [0.25, 0.3) is 5.91 Å². The lowest BCUT2D eigenvalue weighted by Gasteiger charge is -2.22. The third-order valence-electron chi connectivity index (χ3n) is 3.82. The van der Waals surface area contributed by atoms with Gasteiger partial charge in [0.2, 0.25) is 6.17 Å². The van der Waals surface area contributed by atoms with Gasteiger partial charge in [0.15, 0.2) is 0 Å². The molecule has 1 aromatic heterocycles. The molecule has 1 heterocycles. The second kappa shape index (κ2) is 9.09. The number of alkyl halides is 4. The number of hydrogen-bond acceptors (Lipinski definition) is 4. The molecule has 142 valence electrons. The number of carbonyl (C=O) groups is 1. The molecule has 1 unspecified atom stereocenters. The highest BCUT2D eigenvalue weighted by atomic mass is 19.3. The molecule has 0 saturated heterocycles. The lowest BCUT2D eigenvalue weighted by atomic mass is 9.99. The first kappa shape index (κ1) is 20.3. The number of benzene rings is 1. The van der Waals surface area contributed by atoms with Crippen LogP contribution < -0.4 is 5.32 Å². The van der Waals surface area contributed by atoms with Crippen molar-refractivity contribution in [1.82, 2.24) is 10.3 Å². The van der Waals surface area contributed by atoms with Gasteiger partial charge in [0.1, 0.15) is 18.8 Å². The Bertz CT molecular complexity index is 807. The summed E-state index contributed by atoms with van der Waals surface area (Å²) in [7, 11) is 0. The number of halogens is 4. The van der Waals surface area contributed by atoms with Gasteiger partial charge in [-0.3, -0.25) is 9.78 Å². The van der Waals surface area contributed by atoms with Gasteiger partial charge in [-0.1, -0.05) is 30.3 Å². The first-order valence-electron chi connectivity index (χ1n) is 7.80. The quantitative estimate of drug-likeness (QED) is 0.722. The molecule has 1 aromatic carbocycles. The largest absolute Gasteiger partial charge is 0.386 e. The smallest absolute Gasteiger partial charge is 0.315 e. The highest BCUT2D eigenvalue weighted by molar-refractivity contribution is 5.79. The second-order valence-corrected chi connectivity index (χ2v) is 5.60. The maximum atomic E-state index is 13.2. The molecule has 2 N–H and O–H groups in total. The summed E-state index contributed by atoms with van der Waals surface area (Å²) in [6, 6.07) is 8.87. The molecule has 5 nitrogen and oxygen atoms in total. The minimum absolute atomic E-state index is 0.0196. The fraction of sp³-hybridized carbons (Fsp3) is 0.278. The Balaban J connectivity index is 2.14. The van der Waals surface area contributed by atoms with Crippen molar-refractivity contribution in [1.29, 1.82) is 5.26 Å². The molecule has 27 heavy (non-hydrogen) atoms. The van der Waals surface area contributed by atoms with Crippen molar-refractivity contribution in [3.63, 3.8) is 0 Å². The number of aliphatic hydroxyl groups excluding tert-OH is 1. The van der Waals surface area contributed by atoms with Crippen LogP contribution in [0.3, 0.4) is 0 Å². The molecule has 0 aliphatic heterocycles. The van der Waals surface area contributed by atoms with E-state index in [9.17, 15) is 27.5 Å². The summed E-state index contributed by atoms with van der Waals surface area (Å²) in [4.78, 5) is 14.9. The van der Waals surface area contributed by atoms with Gasteiger partial charge >= 0.3 is 6.43 Å². The number of amides is 1. The van der Waals surface area contributed by atoms with Crippen LogP contribution in [-0.2, 0) is 4.79 Å². The van der Waals surface area contributed by atoms with Gasteiger partial charge in [-0.25, -0.2) is 8.78 Å². The molecule has 9 heteroatoms. The minimum Gasteiger partial charge on any atom is -0.386 e. The Kier molecular flexibility index (Phi) is 6.85. The molecular weight excluding hydrogens is 366 g/mol. The molecule has 1 amide bonds. The molecule has 0 bridgehead atoms. The third kappa shape index (κ3) is 5.01. The van der Waals surface area contributed by atoms with E-state index in [-0.39, 0.29) is 11.3 Å². The van der Waals surface area contributed by atoms with Crippen molar-refractivity contribution in [2.24, 2.45) is 0 Å². The molecule has 0 aliphatic carbocycles. The van der Waals surface area contributed by atoms with Gasteiger partial charge < -0.3 is 10.4 Å². The Morgan fingerprint density at radius 1 is 1.15 bits per heavy atom. The van der Waals surface area contributed by atoms with Crippen molar-refractivity contribution in [3.05, 3.63) is 53.9 Å². The molecule has 0 saturated carbocycles. The highest BCUT2D eigenvalue weighted by Crippen LogP contribution is 2.24. The molecule has 2 rings (SSSR count). The number of nitrogens with one attached hydrogen (secondary N) is 1. The van der Waals surface area contributed by atoms with Crippen LogP contribution in [-0.4, -0.2) is 35.1 Å². The molecule has 0 radical (unpaired) electrons. The lowest BCUT2D eigenvalue weighted by Crippen LogP contribution is -2.43. The van der Waals surface area contributed by atoms with Crippen molar-refractivity contribution in [2.75, 3.05) is 6.67 Å². The Hall–Kier alpha value is -2.99. The normalized spacial score (nSPS) is 14.3. The first-order chi connectivity index (χ1) is 12.9. The number of rotatable bonds is 7. The van der Waals surface area contributed by atoms with Crippen LogP contribution in [0.4, 0.5) is 17.6 Å². The maximum Gasteiger partial charge on any atom is 0.315 e. The third-order valence-corrected chi connectivity index (χ3v) is 3.82. The standard InChI is InChI=1S/C18H15F4N3O2/c19-7-15(25-18(27)17(21)22)16(26)11-3-1-10(2-4-11)12-5-6-14(24-9-12)13(20)8-23/h1-6,9,13,15-17,26H,7H2,(H,25,27)/t13?,15-,16-/m1/s1. The predicted molar refractivity (Wildman–Crippen MR) is 88.0 cm³/mol. The number of hydrogen-bond donors (Lipinski definition) is 2. The monoisotopic (exact) mass is 381 g/mol. The summed E-state index contributed by atoms with van der Waals surface area (Å²) in [5, 5.41) is 20.4. The van der Waals surface area contributed by atoms with Gasteiger partial charge in [0.05, 0.1) is 11.7 Å². The zero-order valence-corrected chi connectivity index (χ0v) is 13.8. The maximum absolute atomic E-state index is 13.2. The predicted octanol–water partition coefficient (Wildman–Crippen LogP) is 3.04. The van der Waals surface area contributed by atoms with Gasteiger partial charge in [0, 0.05) is 11.8 Å². The zero-order chi connectivity index (χ0) is 20.0. The van der Waals surface area contributed by atoms with Crippen LogP contribution in [0.2, 0.25) is 0 Å². The lowest BCUT2D eigenvalue weighted by molar-refractivity contribution is -0.133. The molecule has 0 aliphatic rings. The number of nitriles is 1. The van der Waals surface area contributed by atoms with Crippen LogP contribution in [0.25, 0.3) is 11.1 Å². The highest BCUT2D eigenvalue weighted by Gasteiger charge is 2.26. The topological polar surface area (TPSA) is 86.0 Å². The average Bonchev–Trinajstić information content (AvgIpc) is 2.70. The molecule has 0 fully saturated rings. The molecule has 2 aromatic rings. The van der Waals surface area contributed by atoms with E-state index in [0.29, 0.717) is 11.1 Å². The van der Waals surface area contributed by atoms with Crippen LogP contribution in [0, 0.1) is 11.3 Å². The molecule has 3 atom stereocenters. The van der Waals surface area contributed by atoms with Crippen molar-refractivity contribution in [3.8, 4) is 17.2 Å². The van der Waals surface area contributed by atoms with E-state index >= 15 is 0 Å². The first-order valence-corrected chi connectivity index (χ1v) is 7.80. The van der Waals surface area contributed by atoms with Crippen LogP contribution >= 0.6 is 0 Å². The molecular formula is C18H15F4N3O2. The minimum atomic E-state index is -3.31. The Morgan fingerprint density at radius 3 is 2.26 bits per heavy atom.